The Balaban J connectivity index is 1.94. The van der Waals surface area contributed by atoms with E-state index in [0.29, 0.717) is 5.82 Å². The molecule has 0 atom stereocenters. The first-order valence-electron chi connectivity index (χ1n) is 6.37. The molecule has 0 saturated carbocycles. The number of carbonyl (C=O) groups is 1. The number of likely N-dealkylation sites (N-methyl/N-ethyl adjacent to an activating group) is 1. The second-order valence-corrected chi connectivity index (χ2v) is 5.44. The number of nitrogens with zero attached hydrogens (tertiary/aromatic N) is 4. The van der Waals surface area contributed by atoms with Gasteiger partial charge in [0, 0.05) is 37.8 Å². The number of carboxylic acids is 1. The van der Waals surface area contributed by atoms with Gasteiger partial charge >= 0.3 is 5.97 Å². The Labute approximate surface area is 114 Å². The number of piperazine rings is 1. The highest BCUT2D eigenvalue weighted by atomic mass is 32.1. The van der Waals surface area contributed by atoms with Gasteiger partial charge in [-0.05, 0) is 6.54 Å². The highest BCUT2D eigenvalue weighted by Gasteiger charge is 2.26. The van der Waals surface area contributed by atoms with E-state index < -0.39 is 5.97 Å². The van der Waals surface area contributed by atoms with Crippen LogP contribution >= 0.6 is 11.3 Å². The molecule has 6 nitrogen and oxygen atoms in total. The van der Waals surface area contributed by atoms with E-state index >= 15 is 0 Å². The first kappa shape index (κ1) is 12.4. The monoisotopic (exact) mass is 280 g/mol. The zero-order valence-corrected chi connectivity index (χ0v) is 11.6. The molecule has 0 aromatic carbocycles. The molecule has 3 heterocycles. The maximum absolute atomic E-state index is 11.5. The maximum atomic E-state index is 11.5. The van der Waals surface area contributed by atoms with E-state index in [2.05, 4.69) is 21.7 Å². The Kier molecular flexibility index (Phi) is 3.16. The van der Waals surface area contributed by atoms with Gasteiger partial charge in [-0.25, -0.2) is 9.78 Å². The second kappa shape index (κ2) is 4.82. The SMILES string of the molecule is CCN1CCN(c2nc3sccn3c2C(=O)O)CC1. The molecule has 0 bridgehead atoms. The van der Waals surface area contributed by atoms with Crippen molar-refractivity contribution in [1.29, 1.82) is 0 Å². The molecule has 1 N–H and O–H groups in total. The molecule has 0 unspecified atom stereocenters. The molecule has 1 fully saturated rings. The summed E-state index contributed by atoms with van der Waals surface area (Å²) in [5.74, 6) is -0.311. The summed E-state index contributed by atoms with van der Waals surface area (Å²) in [4.78, 5) is 21.1. The van der Waals surface area contributed by atoms with Gasteiger partial charge in [0.2, 0.25) is 0 Å². The van der Waals surface area contributed by atoms with Crippen molar-refractivity contribution < 1.29 is 9.90 Å². The fourth-order valence-electron chi connectivity index (χ4n) is 2.47. The summed E-state index contributed by atoms with van der Waals surface area (Å²) in [7, 11) is 0. The van der Waals surface area contributed by atoms with Gasteiger partial charge in [-0.1, -0.05) is 6.92 Å². The van der Waals surface area contributed by atoms with Crippen LogP contribution in [-0.2, 0) is 0 Å². The minimum absolute atomic E-state index is 0.279. The van der Waals surface area contributed by atoms with Crippen molar-refractivity contribution in [3.8, 4) is 0 Å². The lowest BCUT2D eigenvalue weighted by Crippen LogP contribution is -2.46. The van der Waals surface area contributed by atoms with Crippen LogP contribution in [0.4, 0.5) is 5.82 Å². The van der Waals surface area contributed by atoms with Crippen LogP contribution in [0.3, 0.4) is 0 Å². The summed E-state index contributed by atoms with van der Waals surface area (Å²) in [6, 6.07) is 0. The molecule has 1 aliphatic rings. The molecule has 1 saturated heterocycles. The average Bonchev–Trinajstić information content (AvgIpc) is 2.98. The van der Waals surface area contributed by atoms with E-state index in [1.807, 2.05) is 5.38 Å². The summed E-state index contributed by atoms with van der Waals surface area (Å²) in [6.45, 7) is 6.77. The Morgan fingerprint density at radius 3 is 2.79 bits per heavy atom. The molecule has 0 spiro atoms. The van der Waals surface area contributed by atoms with Crippen molar-refractivity contribution in [3.63, 3.8) is 0 Å². The summed E-state index contributed by atoms with van der Waals surface area (Å²) in [5.41, 5.74) is 0.279. The van der Waals surface area contributed by atoms with E-state index in [4.69, 9.17) is 0 Å². The van der Waals surface area contributed by atoms with Crippen molar-refractivity contribution >= 4 is 28.1 Å². The van der Waals surface area contributed by atoms with Gasteiger partial charge in [-0.15, -0.1) is 11.3 Å². The second-order valence-electron chi connectivity index (χ2n) is 4.57. The number of hydrogen-bond donors (Lipinski definition) is 1. The Bertz CT molecular complexity index is 598. The molecule has 102 valence electrons. The number of anilines is 1. The quantitative estimate of drug-likeness (QED) is 0.916. The van der Waals surface area contributed by atoms with Gasteiger partial charge in [-0.2, -0.15) is 0 Å². The van der Waals surface area contributed by atoms with Crippen LogP contribution < -0.4 is 4.90 Å². The molecule has 19 heavy (non-hydrogen) atoms. The largest absolute Gasteiger partial charge is 0.476 e. The topological polar surface area (TPSA) is 61.1 Å². The van der Waals surface area contributed by atoms with E-state index in [9.17, 15) is 9.90 Å². The van der Waals surface area contributed by atoms with Crippen LogP contribution in [-0.4, -0.2) is 58.1 Å². The molecular weight excluding hydrogens is 264 g/mol. The standard InChI is InChI=1S/C12H16N4O2S/c1-2-14-3-5-15(6-4-14)10-9(11(17)18)16-7-8-19-12(16)13-10/h7-8H,2-6H2,1H3,(H,17,18). The Morgan fingerprint density at radius 1 is 1.42 bits per heavy atom. The van der Waals surface area contributed by atoms with Gasteiger partial charge in [0.1, 0.15) is 0 Å². The van der Waals surface area contributed by atoms with Crippen molar-refractivity contribution in [2.24, 2.45) is 0 Å². The van der Waals surface area contributed by atoms with Crippen LogP contribution in [0.15, 0.2) is 11.6 Å². The first-order valence-corrected chi connectivity index (χ1v) is 7.25. The fourth-order valence-corrected chi connectivity index (χ4v) is 3.18. The Hall–Kier alpha value is -1.60. The molecule has 7 heteroatoms. The normalized spacial score (nSPS) is 17.2. The van der Waals surface area contributed by atoms with Crippen molar-refractivity contribution in [2.45, 2.75) is 6.92 Å². The molecule has 2 aromatic heterocycles. The third kappa shape index (κ3) is 2.08. The number of thiazole rings is 1. The minimum atomic E-state index is -0.918. The maximum Gasteiger partial charge on any atom is 0.356 e. The number of carboxylic acid groups (broad SMARTS) is 1. The molecular formula is C12H16N4O2S. The third-order valence-corrected chi connectivity index (χ3v) is 4.32. The number of imidazole rings is 1. The molecule has 1 aliphatic heterocycles. The smallest absolute Gasteiger partial charge is 0.356 e. The summed E-state index contributed by atoms with van der Waals surface area (Å²) >= 11 is 1.46. The van der Waals surface area contributed by atoms with Crippen LogP contribution in [0.2, 0.25) is 0 Å². The van der Waals surface area contributed by atoms with Crippen LogP contribution in [0.5, 0.6) is 0 Å². The number of aromatic carboxylic acids is 1. The number of hydrogen-bond acceptors (Lipinski definition) is 5. The van der Waals surface area contributed by atoms with Crippen molar-refractivity contribution in [1.82, 2.24) is 14.3 Å². The molecule has 2 aromatic rings. The van der Waals surface area contributed by atoms with Gasteiger partial charge in [0.25, 0.3) is 0 Å². The first-order chi connectivity index (χ1) is 9.20. The average molecular weight is 280 g/mol. The van der Waals surface area contributed by atoms with Crippen LogP contribution in [0.1, 0.15) is 17.4 Å². The van der Waals surface area contributed by atoms with Gasteiger partial charge in [0.15, 0.2) is 16.5 Å². The van der Waals surface area contributed by atoms with Crippen LogP contribution in [0.25, 0.3) is 4.96 Å². The van der Waals surface area contributed by atoms with E-state index in [0.717, 1.165) is 37.7 Å². The Morgan fingerprint density at radius 2 is 2.16 bits per heavy atom. The number of rotatable bonds is 3. The summed E-state index contributed by atoms with van der Waals surface area (Å²) in [6.07, 6.45) is 1.77. The lowest BCUT2D eigenvalue weighted by Gasteiger charge is -2.34. The van der Waals surface area contributed by atoms with E-state index in [-0.39, 0.29) is 5.69 Å². The van der Waals surface area contributed by atoms with Crippen LogP contribution in [0, 0.1) is 0 Å². The third-order valence-electron chi connectivity index (χ3n) is 3.57. The zero-order valence-electron chi connectivity index (χ0n) is 10.7. The predicted molar refractivity (Wildman–Crippen MR) is 74.4 cm³/mol. The molecule has 0 radical (unpaired) electrons. The fraction of sp³-hybridized carbons (Fsp3) is 0.500. The van der Waals surface area contributed by atoms with Gasteiger partial charge in [0.05, 0.1) is 0 Å². The number of fused-ring (bicyclic) bond motifs is 1. The van der Waals surface area contributed by atoms with E-state index in [1.54, 1.807) is 10.6 Å². The number of aromatic nitrogens is 2. The highest BCUT2D eigenvalue weighted by Crippen LogP contribution is 2.25. The summed E-state index contributed by atoms with van der Waals surface area (Å²) in [5, 5.41) is 11.3. The summed E-state index contributed by atoms with van der Waals surface area (Å²) < 4.78 is 1.66. The lowest BCUT2D eigenvalue weighted by molar-refractivity contribution is 0.0690. The highest BCUT2D eigenvalue weighted by molar-refractivity contribution is 7.15. The van der Waals surface area contributed by atoms with Crippen molar-refractivity contribution in [2.75, 3.05) is 37.6 Å². The van der Waals surface area contributed by atoms with E-state index in [1.165, 1.54) is 11.3 Å². The molecule has 0 aliphatic carbocycles. The van der Waals surface area contributed by atoms with Gasteiger partial charge < -0.3 is 14.9 Å². The van der Waals surface area contributed by atoms with Gasteiger partial charge in [-0.3, -0.25) is 4.40 Å². The minimum Gasteiger partial charge on any atom is -0.476 e. The van der Waals surface area contributed by atoms with Crippen molar-refractivity contribution in [3.05, 3.63) is 17.3 Å². The predicted octanol–water partition coefficient (Wildman–Crippen LogP) is 1.24. The lowest BCUT2D eigenvalue weighted by atomic mass is 10.3. The molecule has 3 rings (SSSR count). The molecule has 0 amide bonds. The zero-order chi connectivity index (χ0) is 13.4.